The fraction of sp³-hybridized carbons (Fsp3) is 0.222. The quantitative estimate of drug-likeness (QED) is 0.663. The van der Waals surface area contributed by atoms with E-state index in [4.69, 9.17) is 10.8 Å². The number of nitrogens with zero attached hydrogens (tertiary/aromatic N) is 1. The van der Waals surface area contributed by atoms with Gasteiger partial charge in [-0.15, -0.1) is 0 Å². The second kappa shape index (κ2) is 7.45. The third-order valence-corrected chi connectivity index (χ3v) is 1.28. The van der Waals surface area contributed by atoms with Crippen molar-refractivity contribution in [2.24, 2.45) is 5.73 Å². The molecule has 0 saturated heterocycles. The molecule has 0 aliphatic rings. The summed E-state index contributed by atoms with van der Waals surface area (Å²) in [6, 6.07) is 4.76. The number of aromatic nitrogens is 1. The first-order chi connectivity index (χ1) is 7.11. The lowest BCUT2D eigenvalue weighted by atomic mass is 10.4. The van der Waals surface area contributed by atoms with Crippen LogP contribution in [0.5, 0.6) is 0 Å². The maximum absolute atomic E-state index is 10.1. The van der Waals surface area contributed by atoms with E-state index in [-0.39, 0.29) is 18.2 Å². The first-order valence-electron chi connectivity index (χ1n) is 4.03. The van der Waals surface area contributed by atoms with E-state index in [0.29, 0.717) is 0 Å². The van der Waals surface area contributed by atoms with E-state index in [0.717, 1.165) is 0 Å². The lowest BCUT2D eigenvalue weighted by Crippen LogP contribution is -2.14. The summed E-state index contributed by atoms with van der Waals surface area (Å²) in [5.74, 6) is -1.37. The molecule has 15 heavy (non-hydrogen) atoms. The highest BCUT2D eigenvalue weighted by atomic mass is 16.5. The number of carboxylic acids is 1. The highest BCUT2D eigenvalue weighted by Gasteiger charge is 1.98. The molecule has 0 fully saturated rings. The van der Waals surface area contributed by atoms with E-state index in [1.54, 1.807) is 12.1 Å². The van der Waals surface area contributed by atoms with Gasteiger partial charge in [-0.25, -0.2) is 9.78 Å². The Labute approximate surface area is 86.7 Å². The summed E-state index contributed by atoms with van der Waals surface area (Å²) in [5.41, 5.74) is 4.89. The molecule has 3 N–H and O–H groups in total. The van der Waals surface area contributed by atoms with Crippen molar-refractivity contribution in [1.82, 2.24) is 4.98 Å². The number of methoxy groups -OCH3 is 1. The molecule has 0 radical (unpaired) electrons. The van der Waals surface area contributed by atoms with E-state index < -0.39 is 5.97 Å². The van der Waals surface area contributed by atoms with Crippen LogP contribution in [0, 0.1) is 0 Å². The van der Waals surface area contributed by atoms with Crippen LogP contribution in [-0.4, -0.2) is 35.7 Å². The standard InChI is InChI=1S/C6H5NO2.C3H7NO2/c8-6(9)5-3-1-2-4-7-5;1-6-3(5)2-4/h1-4H,(H,8,9);2,4H2,1H3. The van der Waals surface area contributed by atoms with Gasteiger partial charge in [0.25, 0.3) is 0 Å². The fourth-order valence-corrected chi connectivity index (χ4v) is 0.573. The summed E-state index contributed by atoms with van der Waals surface area (Å²) in [6.07, 6.45) is 1.45. The van der Waals surface area contributed by atoms with Crippen molar-refractivity contribution in [3.8, 4) is 0 Å². The smallest absolute Gasteiger partial charge is 0.354 e. The molecule has 0 aromatic carbocycles. The number of rotatable bonds is 2. The van der Waals surface area contributed by atoms with Gasteiger partial charge >= 0.3 is 11.9 Å². The van der Waals surface area contributed by atoms with Gasteiger partial charge in [-0.1, -0.05) is 6.07 Å². The monoisotopic (exact) mass is 212 g/mol. The second-order valence-electron chi connectivity index (χ2n) is 2.30. The maximum atomic E-state index is 10.1. The average molecular weight is 212 g/mol. The summed E-state index contributed by atoms with van der Waals surface area (Å²) in [7, 11) is 1.30. The van der Waals surface area contributed by atoms with E-state index in [2.05, 4.69) is 9.72 Å². The summed E-state index contributed by atoms with van der Waals surface area (Å²) in [5, 5.41) is 8.32. The first-order valence-corrected chi connectivity index (χ1v) is 4.03. The van der Waals surface area contributed by atoms with E-state index >= 15 is 0 Å². The molecular formula is C9H12N2O4. The van der Waals surface area contributed by atoms with Crippen LogP contribution < -0.4 is 5.73 Å². The fourth-order valence-electron chi connectivity index (χ4n) is 0.573. The van der Waals surface area contributed by atoms with E-state index in [9.17, 15) is 9.59 Å². The number of hydrogen-bond donors (Lipinski definition) is 2. The zero-order chi connectivity index (χ0) is 11.7. The molecule has 0 spiro atoms. The largest absolute Gasteiger partial charge is 0.477 e. The summed E-state index contributed by atoms with van der Waals surface area (Å²) >= 11 is 0. The highest BCUT2D eigenvalue weighted by molar-refractivity contribution is 5.85. The highest BCUT2D eigenvalue weighted by Crippen LogP contribution is 1.90. The van der Waals surface area contributed by atoms with Crippen LogP contribution in [0.25, 0.3) is 0 Å². The van der Waals surface area contributed by atoms with Crippen LogP contribution in [0.4, 0.5) is 0 Å². The van der Waals surface area contributed by atoms with Crippen molar-refractivity contribution in [2.45, 2.75) is 0 Å². The molecule has 6 nitrogen and oxygen atoms in total. The SMILES string of the molecule is COC(=O)CN.O=C(O)c1ccccn1. The first kappa shape index (κ1) is 13.1. The minimum atomic E-state index is -0.990. The van der Waals surface area contributed by atoms with Gasteiger partial charge in [0.1, 0.15) is 5.69 Å². The van der Waals surface area contributed by atoms with Gasteiger partial charge < -0.3 is 15.6 Å². The molecule has 0 aliphatic heterocycles. The minimum Gasteiger partial charge on any atom is -0.477 e. The molecule has 0 bridgehead atoms. The van der Waals surface area contributed by atoms with Gasteiger partial charge in [0.15, 0.2) is 0 Å². The lowest BCUT2D eigenvalue weighted by molar-refractivity contribution is -0.138. The number of carbonyl (C=O) groups excluding carboxylic acids is 1. The molecular weight excluding hydrogens is 200 g/mol. The van der Waals surface area contributed by atoms with Crippen LogP contribution >= 0.6 is 0 Å². The predicted octanol–water partition coefficient (Wildman–Crippen LogP) is -0.102. The molecule has 1 rings (SSSR count). The van der Waals surface area contributed by atoms with Crippen LogP contribution in [-0.2, 0) is 9.53 Å². The van der Waals surface area contributed by atoms with Gasteiger partial charge in [0.2, 0.25) is 0 Å². The number of carboxylic acid groups (broad SMARTS) is 1. The third-order valence-electron chi connectivity index (χ3n) is 1.28. The molecule has 0 saturated carbocycles. The van der Waals surface area contributed by atoms with Gasteiger partial charge in [-0.3, -0.25) is 4.79 Å². The second-order valence-corrected chi connectivity index (χ2v) is 2.30. The van der Waals surface area contributed by atoms with Crippen molar-refractivity contribution in [1.29, 1.82) is 0 Å². The molecule has 82 valence electrons. The molecule has 0 atom stereocenters. The zero-order valence-electron chi connectivity index (χ0n) is 8.21. The van der Waals surface area contributed by atoms with Gasteiger partial charge in [0.05, 0.1) is 13.7 Å². The molecule has 1 aromatic rings. The van der Waals surface area contributed by atoms with E-state index in [1.165, 1.54) is 19.4 Å². The van der Waals surface area contributed by atoms with Crippen LogP contribution in [0.2, 0.25) is 0 Å². The summed E-state index contributed by atoms with van der Waals surface area (Å²) in [6.45, 7) is -0.0312. The molecule has 1 heterocycles. The van der Waals surface area contributed by atoms with Crippen LogP contribution in [0.15, 0.2) is 24.4 Å². The Hall–Kier alpha value is -1.95. The molecule has 0 unspecified atom stereocenters. The third kappa shape index (κ3) is 6.17. The van der Waals surface area contributed by atoms with Crippen molar-refractivity contribution in [3.63, 3.8) is 0 Å². The van der Waals surface area contributed by atoms with Crippen molar-refractivity contribution in [2.75, 3.05) is 13.7 Å². The topological polar surface area (TPSA) is 103 Å². The number of nitrogens with two attached hydrogens (primary N) is 1. The van der Waals surface area contributed by atoms with Gasteiger partial charge in [-0.2, -0.15) is 0 Å². The summed E-state index contributed by atoms with van der Waals surface area (Å²) < 4.78 is 4.14. The Morgan fingerprint density at radius 1 is 1.53 bits per heavy atom. The number of hydrogen-bond acceptors (Lipinski definition) is 5. The number of pyridine rings is 1. The van der Waals surface area contributed by atoms with Crippen molar-refractivity contribution < 1.29 is 19.4 Å². The lowest BCUT2D eigenvalue weighted by Gasteiger charge is -1.87. The number of aromatic carboxylic acids is 1. The normalized spacial score (nSPS) is 8.40. The molecule has 1 aromatic heterocycles. The maximum Gasteiger partial charge on any atom is 0.354 e. The Bertz CT molecular complexity index is 307. The number of carbonyl (C=O) groups is 2. The van der Waals surface area contributed by atoms with Crippen LogP contribution in [0.3, 0.4) is 0 Å². The van der Waals surface area contributed by atoms with Crippen molar-refractivity contribution in [3.05, 3.63) is 30.1 Å². The van der Waals surface area contributed by atoms with Gasteiger partial charge in [-0.05, 0) is 12.1 Å². The number of esters is 1. The molecule has 0 aliphatic carbocycles. The Kier molecular flexibility index (Phi) is 6.48. The summed E-state index contributed by atoms with van der Waals surface area (Å²) in [4.78, 5) is 23.6. The van der Waals surface area contributed by atoms with E-state index in [1.807, 2.05) is 0 Å². The minimum absolute atomic E-state index is 0.0312. The molecule has 0 amide bonds. The Morgan fingerprint density at radius 2 is 2.20 bits per heavy atom. The molecule has 6 heteroatoms. The predicted molar refractivity (Wildman–Crippen MR) is 52.3 cm³/mol. The van der Waals surface area contributed by atoms with Crippen LogP contribution in [0.1, 0.15) is 10.5 Å². The Morgan fingerprint density at radius 3 is 2.40 bits per heavy atom. The van der Waals surface area contributed by atoms with Gasteiger partial charge in [0, 0.05) is 6.20 Å². The number of ether oxygens (including phenoxy) is 1. The zero-order valence-corrected chi connectivity index (χ0v) is 8.21. The Balaban J connectivity index is 0.000000288. The van der Waals surface area contributed by atoms with Crippen molar-refractivity contribution >= 4 is 11.9 Å². The average Bonchev–Trinajstić information content (AvgIpc) is 2.30.